The number of rotatable bonds is 3. The number of halogens is 4. The molecule has 4 nitrogen and oxygen atoms in total. The molecule has 1 fully saturated rings. The van der Waals surface area contributed by atoms with E-state index in [1.807, 2.05) is 6.19 Å². The second-order valence-electron chi connectivity index (χ2n) is 5.57. The summed E-state index contributed by atoms with van der Waals surface area (Å²) in [6.45, 7) is 0.607. The zero-order valence-corrected chi connectivity index (χ0v) is 12.9. The van der Waals surface area contributed by atoms with Gasteiger partial charge < -0.3 is 9.80 Å². The van der Waals surface area contributed by atoms with E-state index < -0.39 is 23.5 Å². The molecule has 1 amide bonds. The van der Waals surface area contributed by atoms with Crippen LogP contribution in [0.5, 0.6) is 0 Å². The second-order valence-corrected chi connectivity index (χ2v) is 5.57. The van der Waals surface area contributed by atoms with Crippen molar-refractivity contribution < 1.29 is 22.4 Å². The molecule has 1 aromatic rings. The van der Waals surface area contributed by atoms with Gasteiger partial charge in [0.25, 0.3) is 0 Å². The quantitative estimate of drug-likeness (QED) is 0.482. The summed E-state index contributed by atoms with van der Waals surface area (Å²) in [6.07, 6.45) is -0.672. The van der Waals surface area contributed by atoms with E-state index in [0.717, 1.165) is 16.5 Å². The van der Waals surface area contributed by atoms with E-state index in [1.54, 1.807) is 0 Å². The van der Waals surface area contributed by atoms with Gasteiger partial charge in [-0.1, -0.05) is 0 Å². The summed E-state index contributed by atoms with van der Waals surface area (Å²) in [5.41, 5.74) is -0.402. The Hall–Kier alpha value is -2.56. The lowest BCUT2D eigenvalue weighted by Gasteiger charge is -2.17. The Morgan fingerprint density at radius 1 is 1.46 bits per heavy atom. The Bertz CT molecular complexity index is 706. The number of likely N-dealkylation sites (N-methyl/N-ethyl adjacent to an activating group) is 1. The largest absolute Gasteiger partial charge is 0.416 e. The number of hydrogen-bond acceptors (Lipinski definition) is 3. The fourth-order valence-electron chi connectivity index (χ4n) is 2.38. The first-order valence-electron chi connectivity index (χ1n) is 7.15. The van der Waals surface area contributed by atoms with Crippen molar-refractivity contribution in [3.8, 4) is 6.19 Å². The van der Waals surface area contributed by atoms with Gasteiger partial charge in [0.1, 0.15) is 5.82 Å². The van der Waals surface area contributed by atoms with Crippen LogP contribution in [0.1, 0.15) is 17.5 Å². The van der Waals surface area contributed by atoms with Gasteiger partial charge in [0.05, 0.1) is 5.56 Å². The molecule has 1 aliphatic rings. The number of carbonyl (C=O) groups is 1. The van der Waals surface area contributed by atoms with Gasteiger partial charge in [0.2, 0.25) is 5.91 Å². The average molecular weight is 341 g/mol. The highest BCUT2D eigenvalue weighted by Gasteiger charge is 2.31. The maximum absolute atomic E-state index is 13.7. The lowest BCUT2D eigenvalue weighted by atomic mass is 10.1. The fraction of sp³-hybridized carbons (Fsp3) is 0.375. The first-order valence-corrected chi connectivity index (χ1v) is 7.15. The van der Waals surface area contributed by atoms with Crippen LogP contribution in [0.15, 0.2) is 29.8 Å². The molecule has 24 heavy (non-hydrogen) atoms. The average Bonchev–Trinajstić information content (AvgIpc) is 2.95. The van der Waals surface area contributed by atoms with Gasteiger partial charge in [0.15, 0.2) is 6.19 Å². The minimum atomic E-state index is -4.57. The third kappa shape index (κ3) is 4.25. The van der Waals surface area contributed by atoms with E-state index in [2.05, 4.69) is 0 Å². The molecule has 0 bridgehead atoms. The maximum Gasteiger partial charge on any atom is 0.416 e. The fourth-order valence-corrected chi connectivity index (χ4v) is 2.38. The van der Waals surface area contributed by atoms with Crippen LogP contribution < -0.4 is 0 Å². The van der Waals surface area contributed by atoms with Crippen molar-refractivity contribution >= 4 is 5.91 Å². The molecule has 0 N–H and O–H groups in total. The predicted molar refractivity (Wildman–Crippen MR) is 77.8 cm³/mol. The summed E-state index contributed by atoms with van der Waals surface area (Å²) in [4.78, 5) is 14.7. The zero-order chi connectivity index (χ0) is 17.9. The SMILES string of the molecule is CN(Cc1cc(C(F)(F)F)ccc1F)C(=O)C=C1CCN(C#N)C1. The smallest absolute Gasteiger partial charge is 0.338 e. The van der Waals surface area contributed by atoms with Crippen molar-refractivity contribution in [1.29, 1.82) is 5.26 Å². The summed E-state index contributed by atoms with van der Waals surface area (Å²) < 4.78 is 51.8. The van der Waals surface area contributed by atoms with Crippen LogP contribution in [0.4, 0.5) is 17.6 Å². The second kappa shape index (κ2) is 6.91. The molecule has 0 radical (unpaired) electrons. The number of likely N-dealkylation sites (tertiary alicyclic amines) is 1. The van der Waals surface area contributed by atoms with Gasteiger partial charge in [-0.3, -0.25) is 4.79 Å². The van der Waals surface area contributed by atoms with Crippen LogP contribution in [0.25, 0.3) is 0 Å². The molecule has 0 unspecified atom stereocenters. The molecular formula is C16H15F4N3O. The van der Waals surface area contributed by atoms with E-state index in [1.165, 1.54) is 18.0 Å². The number of nitriles is 1. The Balaban J connectivity index is 2.09. The Labute approximate surface area is 136 Å². The topological polar surface area (TPSA) is 47.3 Å². The van der Waals surface area contributed by atoms with Gasteiger partial charge in [-0.15, -0.1) is 0 Å². The van der Waals surface area contributed by atoms with E-state index in [0.29, 0.717) is 31.6 Å². The predicted octanol–water partition coefficient (Wildman–Crippen LogP) is 2.92. The Kier molecular flexibility index (Phi) is 5.12. The van der Waals surface area contributed by atoms with Crippen LogP contribution in [-0.2, 0) is 17.5 Å². The van der Waals surface area contributed by atoms with Crippen molar-refractivity contribution in [3.05, 3.63) is 46.8 Å². The first-order chi connectivity index (χ1) is 11.2. The van der Waals surface area contributed by atoms with Crippen LogP contribution in [0.3, 0.4) is 0 Å². The molecule has 1 saturated heterocycles. The lowest BCUT2D eigenvalue weighted by Crippen LogP contribution is -2.25. The van der Waals surface area contributed by atoms with Crippen LogP contribution >= 0.6 is 0 Å². The summed E-state index contributed by atoms with van der Waals surface area (Å²) in [5, 5.41) is 8.76. The van der Waals surface area contributed by atoms with Crippen molar-refractivity contribution in [1.82, 2.24) is 9.80 Å². The number of benzene rings is 1. The number of alkyl halides is 3. The lowest BCUT2D eigenvalue weighted by molar-refractivity contribution is -0.137. The molecular weight excluding hydrogens is 326 g/mol. The summed E-state index contributed by atoms with van der Waals surface area (Å²) in [7, 11) is 1.39. The highest BCUT2D eigenvalue weighted by Crippen LogP contribution is 2.30. The number of amides is 1. The molecule has 0 atom stereocenters. The summed E-state index contributed by atoms with van der Waals surface area (Å²) in [6, 6.07) is 2.12. The molecule has 1 heterocycles. The van der Waals surface area contributed by atoms with Crippen molar-refractivity contribution in [2.75, 3.05) is 20.1 Å². The number of nitrogens with zero attached hydrogens (tertiary/aromatic N) is 3. The summed E-state index contributed by atoms with van der Waals surface area (Å²) >= 11 is 0. The molecule has 8 heteroatoms. The number of carbonyl (C=O) groups excluding carboxylic acids is 1. The molecule has 0 aromatic heterocycles. The molecule has 0 spiro atoms. The van der Waals surface area contributed by atoms with Crippen LogP contribution in [0.2, 0.25) is 0 Å². The van der Waals surface area contributed by atoms with Gasteiger partial charge in [-0.25, -0.2) is 4.39 Å². The van der Waals surface area contributed by atoms with Crippen molar-refractivity contribution in [2.24, 2.45) is 0 Å². The molecule has 0 saturated carbocycles. The van der Waals surface area contributed by atoms with E-state index in [9.17, 15) is 22.4 Å². The zero-order valence-electron chi connectivity index (χ0n) is 12.9. The van der Waals surface area contributed by atoms with Crippen molar-refractivity contribution in [2.45, 2.75) is 19.1 Å². The number of hydrogen-bond donors (Lipinski definition) is 0. The van der Waals surface area contributed by atoms with Gasteiger partial charge in [-0.05, 0) is 30.2 Å². The van der Waals surface area contributed by atoms with E-state index in [4.69, 9.17) is 5.26 Å². The minimum Gasteiger partial charge on any atom is -0.338 e. The molecule has 2 rings (SSSR count). The molecule has 1 aromatic carbocycles. The van der Waals surface area contributed by atoms with E-state index >= 15 is 0 Å². The molecule has 1 aliphatic heterocycles. The van der Waals surface area contributed by atoms with Gasteiger partial charge >= 0.3 is 6.18 Å². The van der Waals surface area contributed by atoms with E-state index in [-0.39, 0.29) is 12.1 Å². The van der Waals surface area contributed by atoms with Crippen LogP contribution in [0, 0.1) is 17.3 Å². The maximum atomic E-state index is 13.7. The third-order valence-corrected chi connectivity index (χ3v) is 3.72. The monoisotopic (exact) mass is 341 g/mol. The third-order valence-electron chi connectivity index (χ3n) is 3.72. The molecule has 0 aliphatic carbocycles. The standard InChI is InChI=1S/C16H15F4N3O/c1-22(15(24)6-11-4-5-23(8-11)10-21)9-12-7-13(16(18,19)20)2-3-14(12)17/h2-3,6-7H,4-5,8-9H2,1H3. The normalized spacial score (nSPS) is 16.3. The summed E-state index contributed by atoms with van der Waals surface area (Å²) in [5.74, 6) is -1.24. The first kappa shape index (κ1) is 17.8. The van der Waals surface area contributed by atoms with Crippen molar-refractivity contribution in [3.63, 3.8) is 0 Å². The van der Waals surface area contributed by atoms with Gasteiger partial charge in [-0.2, -0.15) is 18.4 Å². The van der Waals surface area contributed by atoms with Gasteiger partial charge in [0, 0.05) is 38.3 Å². The highest BCUT2D eigenvalue weighted by molar-refractivity contribution is 5.88. The molecule has 128 valence electrons. The Morgan fingerprint density at radius 3 is 2.75 bits per heavy atom. The highest BCUT2D eigenvalue weighted by atomic mass is 19.4. The minimum absolute atomic E-state index is 0.204. The Morgan fingerprint density at radius 2 is 2.17 bits per heavy atom. The van der Waals surface area contributed by atoms with Crippen LogP contribution in [-0.4, -0.2) is 35.8 Å².